The molecule has 1 aliphatic rings. The van der Waals surface area contributed by atoms with Crippen LogP contribution in [0, 0.1) is 0 Å². The van der Waals surface area contributed by atoms with E-state index in [-0.39, 0.29) is 10.1 Å². The smallest absolute Gasteiger partial charge is 0.286 e. The van der Waals surface area contributed by atoms with Crippen LogP contribution in [0.15, 0.2) is 27.5 Å². The fourth-order valence-corrected chi connectivity index (χ4v) is 3.74. The maximum absolute atomic E-state index is 11.9. The quantitative estimate of drug-likeness (QED) is 0.864. The molecule has 1 aliphatic heterocycles. The largest absolute Gasteiger partial charge is 0.333 e. The van der Waals surface area contributed by atoms with Crippen molar-refractivity contribution < 1.29 is 8.42 Å². The van der Waals surface area contributed by atoms with Crippen LogP contribution in [0.25, 0.3) is 0 Å². The molecular formula is C10H11ClN2O2S2. The summed E-state index contributed by atoms with van der Waals surface area (Å²) in [7, 11) is -3.64. The van der Waals surface area contributed by atoms with E-state index in [1.54, 1.807) is 12.1 Å². The zero-order chi connectivity index (χ0) is 12.6. The SMILES string of the molecule is CC(C)SC1=NS(=O)(=O)c2cc(Cl)ccc2N1. The van der Waals surface area contributed by atoms with Crippen molar-refractivity contribution in [2.75, 3.05) is 5.32 Å². The van der Waals surface area contributed by atoms with Gasteiger partial charge < -0.3 is 5.32 Å². The lowest BCUT2D eigenvalue weighted by Gasteiger charge is -2.18. The highest BCUT2D eigenvalue weighted by atomic mass is 35.5. The molecule has 7 heteroatoms. The van der Waals surface area contributed by atoms with Crippen LogP contribution in [-0.2, 0) is 10.0 Å². The molecule has 0 atom stereocenters. The Kier molecular flexibility index (Phi) is 3.38. The molecule has 92 valence electrons. The van der Waals surface area contributed by atoms with Gasteiger partial charge in [-0.25, -0.2) is 0 Å². The van der Waals surface area contributed by atoms with Crippen LogP contribution in [0.5, 0.6) is 0 Å². The average molecular weight is 291 g/mol. The summed E-state index contributed by atoms with van der Waals surface area (Å²) in [6.45, 7) is 3.94. The number of sulfonamides is 1. The molecule has 0 aromatic heterocycles. The molecule has 2 rings (SSSR count). The number of hydrogen-bond donors (Lipinski definition) is 1. The summed E-state index contributed by atoms with van der Waals surface area (Å²) in [5, 5.41) is 4.02. The zero-order valence-corrected chi connectivity index (χ0v) is 11.7. The number of benzene rings is 1. The van der Waals surface area contributed by atoms with Gasteiger partial charge >= 0.3 is 0 Å². The van der Waals surface area contributed by atoms with Gasteiger partial charge in [0, 0.05) is 10.3 Å². The van der Waals surface area contributed by atoms with Crippen molar-refractivity contribution in [1.82, 2.24) is 0 Å². The monoisotopic (exact) mass is 290 g/mol. The standard InChI is InChI=1S/C10H11ClN2O2S2/c1-6(2)16-10-12-8-4-3-7(11)5-9(8)17(14,15)13-10/h3-6H,1-2H3,(H,12,13). The van der Waals surface area contributed by atoms with E-state index in [0.29, 0.717) is 15.9 Å². The van der Waals surface area contributed by atoms with Crippen LogP contribution in [0.3, 0.4) is 0 Å². The van der Waals surface area contributed by atoms with Crippen LogP contribution < -0.4 is 5.32 Å². The van der Waals surface area contributed by atoms with E-state index in [2.05, 4.69) is 9.71 Å². The molecule has 17 heavy (non-hydrogen) atoms. The van der Waals surface area contributed by atoms with Gasteiger partial charge in [-0.1, -0.05) is 37.2 Å². The number of hydrogen-bond acceptors (Lipinski definition) is 4. The molecule has 0 spiro atoms. The second kappa shape index (κ2) is 4.51. The van der Waals surface area contributed by atoms with Gasteiger partial charge in [-0.2, -0.15) is 8.42 Å². The van der Waals surface area contributed by atoms with Crippen molar-refractivity contribution in [1.29, 1.82) is 0 Å². The Morgan fingerprint density at radius 3 is 2.76 bits per heavy atom. The Hall–Kier alpha value is -0.720. The molecule has 1 aromatic rings. The van der Waals surface area contributed by atoms with E-state index < -0.39 is 10.0 Å². The van der Waals surface area contributed by atoms with Gasteiger partial charge in [-0.15, -0.1) is 4.40 Å². The molecule has 0 bridgehead atoms. The van der Waals surface area contributed by atoms with E-state index in [9.17, 15) is 8.42 Å². The number of nitrogens with one attached hydrogen (secondary N) is 1. The van der Waals surface area contributed by atoms with Crippen molar-refractivity contribution in [2.45, 2.75) is 24.0 Å². The molecule has 1 aromatic carbocycles. The highest BCUT2D eigenvalue weighted by Gasteiger charge is 2.25. The van der Waals surface area contributed by atoms with Crippen LogP contribution in [0.1, 0.15) is 13.8 Å². The Balaban J connectivity index is 2.47. The number of thioether (sulfide) groups is 1. The van der Waals surface area contributed by atoms with Crippen molar-refractivity contribution >= 4 is 44.2 Å². The second-order valence-electron chi connectivity index (χ2n) is 3.80. The maximum Gasteiger partial charge on any atom is 0.286 e. The molecule has 0 saturated heterocycles. The third-order valence-corrected chi connectivity index (χ3v) is 4.57. The summed E-state index contributed by atoms with van der Waals surface area (Å²) in [5.74, 6) is 0. The first-order valence-electron chi connectivity index (χ1n) is 4.97. The predicted octanol–water partition coefficient (Wildman–Crippen LogP) is 2.95. The van der Waals surface area contributed by atoms with Gasteiger partial charge in [0.2, 0.25) is 0 Å². The number of rotatable bonds is 1. The number of fused-ring (bicyclic) bond motifs is 1. The molecular weight excluding hydrogens is 280 g/mol. The van der Waals surface area contributed by atoms with Crippen molar-refractivity contribution in [3.8, 4) is 0 Å². The fraction of sp³-hybridized carbons (Fsp3) is 0.300. The van der Waals surface area contributed by atoms with E-state index in [1.807, 2.05) is 13.8 Å². The normalized spacial score (nSPS) is 17.3. The van der Waals surface area contributed by atoms with E-state index in [4.69, 9.17) is 11.6 Å². The number of halogens is 1. The molecule has 0 radical (unpaired) electrons. The maximum atomic E-state index is 11.9. The lowest BCUT2D eigenvalue weighted by Crippen LogP contribution is -2.20. The number of nitrogens with zero attached hydrogens (tertiary/aromatic N) is 1. The minimum absolute atomic E-state index is 0.123. The summed E-state index contributed by atoms with van der Waals surface area (Å²) >= 11 is 7.15. The molecule has 0 aliphatic carbocycles. The average Bonchev–Trinajstić information content (AvgIpc) is 2.17. The second-order valence-corrected chi connectivity index (χ2v) is 7.38. The summed E-state index contributed by atoms with van der Waals surface area (Å²) in [6.07, 6.45) is 0. The Morgan fingerprint density at radius 1 is 1.41 bits per heavy atom. The van der Waals surface area contributed by atoms with E-state index >= 15 is 0 Å². The van der Waals surface area contributed by atoms with E-state index in [0.717, 1.165) is 0 Å². The summed E-state index contributed by atoms with van der Waals surface area (Å²) in [5.41, 5.74) is 0.521. The van der Waals surface area contributed by atoms with Crippen LogP contribution in [0.4, 0.5) is 5.69 Å². The molecule has 0 fully saturated rings. The van der Waals surface area contributed by atoms with Crippen molar-refractivity contribution in [3.05, 3.63) is 23.2 Å². The molecule has 1 N–H and O–H groups in total. The van der Waals surface area contributed by atoms with Gasteiger partial charge in [0.05, 0.1) is 5.69 Å². The fourth-order valence-electron chi connectivity index (χ4n) is 1.38. The third-order valence-electron chi connectivity index (χ3n) is 2.01. The number of amidine groups is 1. The minimum Gasteiger partial charge on any atom is -0.333 e. The molecule has 0 amide bonds. The third kappa shape index (κ3) is 2.75. The predicted molar refractivity (Wildman–Crippen MR) is 72.4 cm³/mol. The van der Waals surface area contributed by atoms with Crippen molar-refractivity contribution in [2.24, 2.45) is 4.40 Å². The Morgan fingerprint density at radius 2 is 2.12 bits per heavy atom. The zero-order valence-electron chi connectivity index (χ0n) is 9.27. The van der Waals surface area contributed by atoms with Crippen LogP contribution in [0.2, 0.25) is 5.02 Å². The molecule has 1 heterocycles. The first-order valence-corrected chi connectivity index (χ1v) is 7.66. The van der Waals surface area contributed by atoms with Crippen LogP contribution in [-0.4, -0.2) is 18.8 Å². The highest BCUT2D eigenvalue weighted by molar-refractivity contribution is 8.15. The summed E-state index contributed by atoms with van der Waals surface area (Å²) in [4.78, 5) is 0.123. The van der Waals surface area contributed by atoms with Crippen LogP contribution >= 0.6 is 23.4 Å². The minimum atomic E-state index is -3.64. The van der Waals surface area contributed by atoms with Gasteiger partial charge in [-0.3, -0.25) is 0 Å². The lowest BCUT2D eigenvalue weighted by atomic mass is 10.3. The topological polar surface area (TPSA) is 58.5 Å². The summed E-state index contributed by atoms with van der Waals surface area (Å²) in [6, 6.07) is 4.69. The Labute approximate surface area is 110 Å². The molecule has 4 nitrogen and oxygen atoms in total. The lowest BCUT2D eigenvalue weighted by molar-refractivity contribution is 0.598. The molecule has 0 saturated carbocycles. The summed E-state index contributed by atoms with van der Waals surface area (Å²) < 4.78 is 27.6. The highest BCUT2D eigenvalue weighted by Crippen LogP contribution is 2.32. The van der Waals surface area contributed by atoms with Gasteiger partial charge in [0.15, 0.2) is 5.17 Å². The van der Waals surface area contributed by atoms with Gasteiger partial charge in [0.25, 0.3) is 10.0 Å². The molecule has 0 unspecified atom stereocenters. The Bertz CT molecular complexity index is 582. The van der Waals surface area contributed by atoms with Crippen molar-refractivity contribution in [3.63, 3.8) is 0 Å². The first kappa shape index (κ1) is 12.7. The number of anilines is 1. The van der Waals surface area contributed by atoms with Gasteiger partial charge in [-0.05, 0) is 18.2 Å². The first-order chi connectivity index (χ1) is 7.88. The van der Waals surface area contributed by atoms with Gasteiger partial charge in [0.1, 0.15) is 4.90 Å². The van der Waals surface area contributed by atoms with E-state index in [1.165, 1.54) is 17.8 Å².